The summed E-state index contributed by atoms with van der Waals surface area (Å²) in [6.07, 6.45) is -17.4. The highest BCUT2D eigenvalue weighted by molar-refractivity contribution is 5.06. The first-order valence-electron chi connectivity index (χ1n) is 8.48. The fourth-order valence-electron chi connectivity index (χ4n) is 2.10. The van der Waals surface area contributed by atoms with E-state index in [2.05, 4.69) is 0 Å². The molecule has 0 amide bonds. The van der Waals surface area contributed by atoms with Crippen LogP contribution < -0.4 is 0 Å². The second-order valence-corrected chi connectivity index (χ2v) is 6.96. The summed E-state index contributed by atoms with van der Waals surface area (Å²) in [5.74, 6) is -57.0. The lowest BCUT2D eigenvalue weighted by Crippen LogP contribution is -2.64. The van der Waals surface area contributed by atoms with Crippen LogP contribution in [-0.4, -0.2) is 78.4 Å². The van der Waals surface area contributed by atoms with Crippen LogP contribution in [0, 0.1) is 0 Å². The van der Waals surface area contributed by atoms with Gasteiger partial charge in [0.1, 0.15) is 0 Å². The largest absolute Gasteiger partial charge is 0.384 e. The Morgan fingerprint density at radius 1 is 0.417 bits per heavy atom. The van der Waals surface area contributed by atoms with Gasteiger partial charge < -0.3 is 0 Å². The minimum absolute atomic E-state index is 1.68. The Labute approximate surface area is 185 Å². The topological polar surface area (TPSA) is 3.24 Å². The highest BCUT2D eigenvalue weighted by Crippen LogP contribution is 2.56. The second-order valence-electron chi connectivity index (χ2n) is 6.96. The molecule has 0 rings (SSSR count). The molecule has 0 aromatic rings. The van der Waals surface area contributed by atoms with E-state index < -0.39 is 91.3 Å². The summed E-state index contributed by atoms with van der Waals surface area (Å²) < 4.78 is 270. The van der Waals surface area contributed by atoms with Gasteiger partial charge in [-0.15, -0.1) is 9.60 Å². The van der Waals surface area contributed by atoms with E-state index in [1.54, 1.807) is 0 Å². The average Bonchev–Trinajstić information content (AvgIpc) is 2.69. The molecule has 0 heterocycles. The molecule has 218 valence electrons. The minimum Gasteiger partial charge on any atom is -0.203 e. The molecule has 0 aliphatic rings. The molecular weight excluding hydrogens is 581 g/mol. The van der Waals surface area contributed by atoms with E-state index in [9.17, 15) is 92.3 Å². The van der Waals surface area contributed by atoms with Crippen LogP contribution in [0.1, 0.15) is 12.8 Å². The van der Waals surface area contributed by atoms with Gasteiger partial charge in [0.25, 0.3) is 0 Å². The van der Waals surface area contributed by atoms with Crippen LogP contribution in [0.3, 0.4) is 0 Å². The van der Waals surface area contributed by atoms with Crippen molar-refractivity contribution < 1.29 is 92.3 Å². The molecule has 0 N–H and O–H groups in total. The van der Waals surface area contributed by atoms with E-state index in [0.717, 1.165) is 0 Å². The van der Waals surface area contributed by atoms with Gasteiger partial charge in [-0.3, -0.25) is 0 Å². The number of hydrogen-bond donors (Lipinski definition) is 0. The van der Waals surface area contributed by atoms with Crippen molar-refractivity contribution >= 4 is 0 Å². The van der Waals surface area contributed by atoms with Gasteiger partial charge in [-0.25, -0.2) is 17.6 Å². The maximum atomic E-state index is 13.4. The summed E-state index contributed by atoms with van der Waals surface area (Å²) in [6.45, 7) is -5.08. The Morgan fingerprint density at radius 2 is 0.639 bits per heavy atom. The summed E-state index contributed by atoms with van der Waals surface area (Å²) >= 11 is 0. The molecule has 22 heteroatoms. The standard InChI is InChI=1S/C14H10F21N/c15-5(16)9(23,24)13(31,32)11(27,28)7(19,20)1-3-36(35)4-2-8(21,22)12(29,30)14(33,34)10(25,26)6(17)18/h5-6H,1-4H2. The smallest absolute Gasteiger partial charge is 0.203 e. The minimum atomic E-state index is -7.50. The molecule has 0 aromatic carbocycles. The fraction of sp³-hybridized carbons (Fsp3) is 1.00. The number of hydrogen-bond acceptors (Lipinski definition) is 1. The van der Waals surface area contributed by atoms with E-state index in [1.807, 2.05) is 0 Å². The Kier molecular flexibility index (Phi) is 9.57. The van der Waals surface area contributed by atoms with Crippen LogP contribution in [0.5, 0.6) is 0 Å². The maximum absolute atomic E-state index is 13.4. The zero-order valence-corrected chi connectivity index (χ0v) is 16.4. The Morgan fingerprint density at radius 3 is 0.833 bits per heavy atom. The van der Waals surface area contributed by atoms with Crippen molar-refractivity contribution in [1.29, 1.82) is 0 Å². The van der Waals surface area contributed by atoms with Gasteiger partial charge in [0.05, 0.1) is 0 Å². The van der Waals surface area contributed by atoms with Crippen molar-refractivity contribution in [2.45, 2.75) is 73.1 Å². The summed E-state index contributed by atoms with van der Waals surface area (Å²) in [4.78, 5) is 0. The van der Waals surface area contributed by atoms with Crippen molar-refractivity contribution in [3.63, 3.8) is 0 Å². The first-order chi connectivity index (χ1) is 15.5. The predicted molar refractivity (Wildman–Crippen MR) is 73.5 cm³/mol. The first kappa shape index (κ1) is 34.5. The van der Waals surface area contributed by atoms with Crippen LogP contribution in [-0.2, 0) is 0 Å². The summed E-state index contributed by atoms with van der Waals surface area (Å²) in [5.41, 5.74) is 0. The highest BCUT2D eigenvalue weighted by atomic mass is 19.4. The van der Waals surface area contributed by atoms with Crippen molar-refractivity contribution in [3.05, 3.63) is 0 Å². The van der Waals surface area contributed by atoms with E-state index in [1.165, 1.54) is 0 Å². The molecular formula is C14H10F21N. The number of nitrogens with zero attached hydrogens (tertiary/aromatic N) is 1. The second kappa shape index (κ2) is 9.99. The number of rotatable bonds is 14. The van der Waals surface area contributed by atoms with Gasteiger partial charge >= 0.3 is 60.2 Å². The molecule has 0 spiro atoms. The third kappa shape index (κ3) is 5.51. The lowest BCUT2D eigenvalue weighted by Gasteiger charge is -2.37. The normalized spacial score (nSPS) is 16.0. The SMILES string of the molecule is FC(F)C(F)(F)C(F)(F)C(F)(F)C(F)(F)CCN(F)CCC(F)(F)C(F)(F)C(F)(F)C(F)(F)C(F)F. The van der Waals surface area contributed by atoms with Crippen LogP contribution in [0.2, 0.25) is 0 Å². The Balaban J connectivity index is 5.55. The van der Waals surface area contributed by atoms with Gasteiger partial charge in [-0.1, -0.05) is 0 Å². The quantitative estimate of drug-likeness (QED) is 0.149. The zero-order chi connectivity index (χ0) is 29.6. The molecule has 0 aliphatic heterocycles. The lowest BCUT2D eigenvalue weighted by molar-refractivity contribution is -0.386. The number of halogens is 21. The summed E-state index contributed by atoms with van der Waals surface area (Å²) in [7, 11) is 0. The van der Waals surface area contributed by atoms with Crippen molar-refractivity contribution in [2.24, 2.45) is 0 Å². The lowest BCUT2D eigenvalue weighted by atomic mass is 9.96. The molecule has 36 heavy (non-hydrogen) atoms. The molecule has 0 saturated carbocycles. The van der Waals surface area contributed by atoms with Gasteiger partial charge in [0, 0.05) is 25.9 Å². The van der Waals surface area contributed by atoms with E-state index >= 15 is 0 Å². The molecule has 0 saturated heterocycles. The van der Waals surface area contributed by atoms with E-state index in [4.69, 9.17) is 0 Å². The monoisotopic (exact) mass is 591 g/mol. The Bertz CT molecular complexity index is 668. The van der Waals surface area contributed by atoms with Gasteiger partial charge in [0.2, 0.25) is 0 Å². The molecule has 0 unspecified atom stereocenters. The van der Waals surface area contributed by atoms with E-state index in [-0.39, 0.29) is 0 Å². The van der Waals surface area contributed by atoms with Crippen LogP contribution in [0.25, 0.3) is 0 Å². The molecule has 0 aliphatic carbocycles. The molecule has 0 aromatic heterocycles. The molecule has 0 radical (unpaired) electrons. The molecule has 1 nitrogen and oxygen atoms in total. The average molecular weight is 591 g/mol. The van der Waals surface area contributed by atoms with Crippen LogP contribution >= 0.6 is 0 Å². The fourth-order valence-corrected chi connectivity index (χ4v) is 2.10. The van der Waals surface area contributed by atoms with Crippen molar-refractivity contribution in [2.75, 3.05) is 13.1 Å². The van der Waals surface area contributed by atoms with Gasteiger partial charge in [-0.2, -0.15) is 70.2 Å². The first-order valence-corrected chi connectivity index (χ1v) is 8.48. The van der Waals surface area contributed by atoms with Crippen LogP contribution in [0.15, 0.2) is 0 Å². The molecule has 0 bridgehead atoms. The Hall–Kier alpha value is -1.51. The highest BCUT2D eigenvalue weighted by Gasteiger charge is 2.83. The maximum Gasteiger partial charge on any atom is 0.384 e. The van der Waals surface area contributed by atoms with Crippen LogP contribution in [0.4, 0.5) is 92.3 Å². The van der Waals surface area contributed by atoms with Gasteiger partial charge in [-0.05, 0) is 0 Å². The summed E-state index contributed by atoms with van der Waals surface area (Å²) in [5, 5.41) is -1.68. The third-order valence-corrected chi connectivity index (χ3v) is 4.43. The zero-order valence-electron chi connectivity index (χ0n) is 16.4. The van der Waals surface area contributed by atoms with Crippen molar-refractivity contribution in [1.82, 2.24) is 5.12 Å². The van der Waals surface area contributed by atoms with Gasteiger partial charge in [0.15, 0.2) is 0 Å². The van der Waals surface area contributed by atoms with E-state index in [0.29, 0.717) is 0 Å². The van der Waals surface area contributed by atoms with Crippen molar-refractivity contribution in [3.8, 4) is 0 Å². The summed E-state index contributed by atoms with van der Waals surface area (Å²) in [6, 6.07) is 0. The third-order valence-electron chi connectivity index (χ3n) is 4.43. The number of alkyl halides is 20. The molecule has 0 atom stereocenters. The predicted octanol–water partition coefficient (Wildman–Crippen LogP) is 7.57. The molecule has 0 fully saturated rings.